The molecule has 3 nitrogen and oxygen atoms in total. The van der Waals surface area contributed by atoms with Crippen molar-refractivity contribution in [2.45, 2.75) is 6.10 Å². The van der Waals surface area contributed by atoms with Crippen LogP contribution in [0, 0.1) is 0 Å². The standard InChI is InChI=1S/C12H10O3S/c13-11(12(14)15)10-7-6-9(16-10)8-4-2-1-3-5-8/h1-7,11,13H,(H,14,15). The smallest absolute Gasteiger partial charge is 0.338 e. The second kappa shape index (κ2) is 4.47. The molecule has 2 N–H and O–H groups in total. The number of carboxylic acids is 1. The zero-order chi connectivity index (χ0) is 11.5. The van der Waals surface area contributed by atoms with Crippen LogP contribution in [0.2, 0.25) is 0 Å². The number of benzene rings is 1. The van der Waals surface area contributed by atoms with Crippen molar-refractivity contribution in [3.05, 3.63) is 47.3 Å². The van der Waals surface area contributed by atoms with Crippen LogP contribution in [0.25, 0.3) is 10.4 Å². The summed E-state index contributed by atoms with van der Waals surface area (Å²) < 4.78 is 0. The minimum Gasteiger partial charge on any atom is -0.479 e. The largest absolute Gasteiger partial charge is 0.479 e. The van der Waals surface area contributed by atoms with Gasteiger partial charge in [0.15, 0.2) is 6.10 Å². The lowest BCUT2D eigenvalue weighted by molar-refractivity contribution is -0.146. The van der Waals surface area contributed by atoms with E-state index in [1.54, 1.807) is 6.07 Å². The molecule has 1 atom stereocenters. The summed E-state index contributed by atoms with van der Waals surface area (Å²) >= 11 is 1.29. The van der Waals surface area contributed by atoms with Gasteiger partial charge in [-0.2, -0.15) is 0 Å². The van der Waals surface area contributed by atoms with Crippen LogP contribution < -0.4 is 0 Å². The van der Waals surface area contributed by atoms with Gasteiger partial charge in [0.1, 0.15) is 0 Å². The molecule has 0 fully saturated rings. The molecule has 1 aromatic carbocycles. The van der Waals surface area contributed by atoms with Gasteiger partial charge in [-0.25, -0.2) is 4.79 Å². The highest BCUT2D eigenvalue weighted by molar-refractivity contribution is 7.15. The van der Waals surface area contributed by atoms with Gasteiger partial charge in [-0.1, -0.05) is 30.3 Å². The van der Waals surface area contributed by atoms with Gasteiger partial charge < -0.3 is 10.2 Å². The molecule has 0 aliphatic rings. The van der Waals surface area contributed by atoms with E-state index in [4.69, 9.17) is 5.11 Å². The van der Waals surface area contributed by atoms with Gasteiger partial charge in [0.25, 0.3) is 0 Å². The highest BCUT2D eigenvalue weighted by Gasteiger charge is 2.18. The third-order valence-corrected chi connectivity index (χ3v) is 3.38. The topological polar surface area (TPSA) is 57.5 Å². The first-order valence-electron chi connectivity index (χ1n) is 4.74. The number of rotatable bonds is 3. The Kier molecular flexibility index (Phi) is 3.03. The Morgan fingerprint density at radius 3 is 2.44 bits per heavy atom. The summed E-state index contributed by atoms with van der Waals surface area (Å²) in [5, 5.41) is 18.0. The van der Waals surface area contributed by atoms with E-state index in [9.17, 15) is 9.90 Å². The fourth-order valence-electron chi connectivity index (χ4n) is 1.38. The number of hydrogen-bond donors (Lipinski definition) is 2. The predicted molar refractivity (Wildman–Crippen MR) is 62.4 cm³/mol. The molecule has 2 aromatic rings. The predicted octanol–water partition coefficient (Wildman–Crippen LogP) is 2.53. The zero-order valence-electron chi connectivity index (χ0n) is 8.33. The molecule has 0 amide bonds. The number of hydrogen-bond acceptors (Lipinski definition) is 3. The molecule has 0 saturated heterocycles. The molecule has 1 aromatic heterocycles. The van der Waals surface area contributed by atoms with Crippen molar-refractivity contribution in [1.29, 1.82) is 0 Å². The Hall–Kier alpha value is -1.65. The summed E-state index contributed by atoms with van der Waals surface area (Å²) in [5.41, 5.74) is 1.02. The Labute approximate surface area is 96.6 Å². The van der Waals surface area contributed by atoms with E-state index in [1.807, 2.05) is 36.4 Å². The third-order valence-electron chi connectivity index (χ3n) is 2.19. The van der Waals surface area contributed by atoms with Crippen LogP contribution in [0.15, 0.2) is 42.5 Å². The van der Waals surface area contributed by atoms with E-state index in [0.717, 1.165) is 10.4 Å². The van der Waals surface area contributed by atoms with Gasteiger partial charge in [-0.05, 0) is 17.7 Å². The van der Waals surface area contributed by atoms with E-state index >= 15 is 0 Å². The lowest BCUT2D eigenvalue weighted by Crippen LogP contribution is -2.08. The Morgan fingerprint density at radius 1 is 1.12 bits per heavy atom. The molecular weight excluding hydrogens is 224 g/mol. The molecule has 0 saturated carbocycles. The number of carbonyl (C=O) groups is 1. The van der Waals surface area contributed by atoms with Gasteiger partial charge >= 0.3 is 5.97 Å². The lowest BCUT2D eigenvalue weighted by atomic mass is 10.2. The van der Waals surface area contributed by atoms with E-state index in [1.165, 1.54) is 11.3 Å². The van der Waals surface area contributed by atoms with Crippen LogP contribution >= 0.6 is 11.3 Å². The van der Waals surface area contributed by atoms with E-state index in [2.05, 4.69) is 0 Å². The molecule has 4 heteroatoms. The van der Waals surface area contributed by atoms with Crippen LogP contribution in [0.5, 0.6) is 0 Å². The summed E-state index contributed by atoms with van der Waals surface area (Å²) in [6.07, 6.45) is -1.43. The first-order valence-corrected chi connectivity index (χ1v) is 5.56. The maximum atomic E-state index is 10.6. The normalized spacial score (nSPS) is 12.3. The highest BCUT2D eigenvalue weighted by atomic mass is 32.1. The van der Waals surface area contributed by atoms with Crippen LogP contribution in [0.3, 0.4) is 0 Å². The fourth-order valence-corrected chi connectivity index (χ4v) is 2.37. The van der Waals surface area contributed by atoms with Crippen LogP contribution in [-0.4, -0.2) is 16.2 Å². The van der Waals surface area contributed by atoms with Crippen molar-refractivity contribution in [2.75, 3.05) is 0 Å². The molecule has 0 radical (unpaired) electrons. The highest BCUT2D eigenvalue weighted by Crippen LogP contribution is 2.31. The molecule has 1 heterocycles. The molecule has 0 spiro atoms. The molecule has 1 unspecified atom stereocenters. The average Bonchev–Trinajstić information content (AvgIpc) is 2.78. The Balaban J connectivity index is 2.30. The van der Waals surface area contributed by atoms with Gasteiger partial charge in [-0.15, -0.1) is 11.3 Å². The summed E-state index contributed by atoms with van der Waals surface area (Å²) in [5.74, 6) is -1.22. The maximum absolute atomic E-state index is 10.6. The molecule has 0 bridgehead atoms. The second-order valence-corrected chi connectivity index (χ2v) is 4.42. The third kappa shape index (κ3) is 2.13. The zero-order valence-corrected chi connectivity index (χ0v) is 9.15. The van der Waals surface area contributed by atoms with Gasteiger partial charge in [0.2, 0.25) is 0 Å². The average molecular weight is 234 g/mol. The first kappa shape index (κ1) is 10.9. The van der Waals surface area contributed by atoms with Crippen LogP contribution in [-0.2, 0) is 4.79 Å². The molecule has 0 aliphatic carbocycles. The Bertz CT molecular complexity index is 490. The van der Waals surface area contributed by atoms with Crippen molar-refractivity contribution in [2.24, 2.45) is 0 Å². The fraction of sp³-hybridized carbons (Fsp3) is 0.0833. The number of aliphatic hydroxyl groups excluding tert-OH is 1. The van der Waals surface area contributed by atoms with Crippen molar-refractivity contribution >= 4 is 17.3 Å². The molecule has 0 aliphatic heterocycles. The summed E-state index contributed by atoms with van der Waals surface area (Å²) in [4.78, 5) is 12.0. The van der Waals surface area contributed by atoms with Crippen molar-refractivity contribution in [3.63, 3.8) is 0 Å². The monoisotopic (exact) mass is 234 g/mol. The SMILES string of the molecule is O=C(O)C(O)c1ccc(-c2ccccc2)s1. The van der Waals surface area contributed by atoms with Crippen LogP contribution in [0.1, 0.15) is 11.0 Å². The molecule has 82 valence electrons. The van der Waals surface area contributed by atoms with Gasteiger partial charge in [0, 0.05) is 9.75 Å². The van der Waals surface area contributed by atoms with Crippen molar-refractivity contribution in [1.82, 2.24) is 0 Å². The minimum atomic E-state index is -1.43. The maximum Gasteiger partial charge on any atom is 0.338 e. The summed E-state index contributed by atoms with van der Waals surface area (Å²) in [7, 11) is 0. The summed E-state index contributed by atoms with van der Waals surface area (Å²) in [6, 6.07) is 13.1. The Morgan fingerprint density at radius 2 is 1.81 bits per heavy atom. The molecular formula is C12H10O3S. The minimum absolute atomic E-state index is 0.450. The number of thiophene rings is 1. The lowest BCUT2D eigenvalue weighted by Gasteiger charge is -2.00. The quantitative estimate of drug-likeness (QED) is 0.858. The summed E-state index contributed by atoms with van der Waals surface area (Å²) in [6.45, 7) is 0. The van der Waals surface area contributed by atoms with E-state index in [0.29, 0.717) is 4.88 Å². The van der Waals surface area contributed by atoms with Gasteiger partial charge in [0.05, 0.1) is 0 Å². The van der Waals surface area contributed by atoms with Crippen LogP contribution in [0.4, 0.5) is 0 Å². The first-order chi connectivity index (χ1) is 7.68. The van der Waals surface area contributed by atoms with Gasteiger partial charge in [-0.3, -0.25) is 0 Å². The van der Waals surface area contributed by atoms with E-state index in [-0.39, 0.29) is 0 Å². The number of aliphatic hydroxyl groups is 1. The number of aliphatic carboxylic acids is 1. The molecule has 2 rings (SSSR count). The van der Waals surface area contributed by atoms with E-state index < -0.39 is 12.1 Å². The van der Waals surface area contributed by atoms with Crippen molar-refractivity contribution in [3.8, 4) is 10.4 Å². The molecule has 16 heavy (non-hydrogen) atoms. The second-order valence-electron chi connectivity index (χ2n) is 3.31. The van der Waals surface area contributed by atoms with Crippen molar-refractivity contribution < 1.29 is 15.0 Å². The number of carboxylic acid groups (broad SMARTS) is 1.